The molecule has 0 saturated carbocycles. The fourth-order valence-electron chi connectivity index (χ4n) is 0.854. The zero-order valence-corrected chi connectivity index (χ0v) is 9.96. The Morgan fingerprint density at radius 1 is 1.46 bits per heavy atom. The molecule has 0 amide bonds. The quantitative estimate of drug-likeness (QED) is 0.654. The Morgan fingerprint density at radius 3 is 2.54 bits per heavy atom. The second kappa shape index (κ2) is 6.68. The number of hydrogen-bond acceptors (Lipinski definition) is 4. The predicted octanol–water partition coefficient (Wildman–Crippen LogP) is 0.892. The van der Waals surface area contributed by atoms with E-state index in [0.717, 1.165) is 17.9 Å². The summed E-state index contributed by atoms with van der Waals surface area (Å²) in [5.41, 5.74) is 5.30. The van der Waals surface area contributed by atoms with Gasteiger partial charge in [0.15, 0.2) is 9.84 Å². The molecule has 0 aromatic rings. The molecule has 1 atom stereocenters. The molecule has 80 valence electrons. The van der Waals surface area contributed by atoms with Crippen molar-refractivity contribution in [3.05, 3.63) is 0 Å². The number of rotatable bonds is 7. The third-order valence-electron chi connectivity index (χ3n) is 1.87. The first-order valence-electron chi connectivity index (χ1n) is 4.54. The topological polar surface area (TPSA) is 60.2 Å². The van der Waals surface area contributed by atoms with Gasteiger partial charge in [-0.1, -0.05) is 6.92 Å². The van der Waals surface area contributed by atoms with Crippen LogP contribution in [0.5, 0.6) is 0 Å². The van der Waals surface area contributed by atoms with Crippen LogP contribution in [0, 0.1) is 0 Å². The molecule has 0 bridgehead atoms. The van der Waals surface area contributed by atoms with Crippen LogP contribution in [0.4, 0.5) is 0 Å². The lowest BCUT2D eigenvalue weighted by atomic mass is 10.5. The highest BCUT2D eigenvalue weighted by Gasteiger charge is 2.18. The molecule has 5 heteroatoms. The Kier molecular flexibility index (Phi) is 6.81. The first-order valence-corrected chi connectivity index (χ1v) is 7.41. The normalized spacial score (nSPS) is 14.4. The van der Waals surface area contributed by atoms with Crippen LogP contribution >= 0.6 is 11.8 Å². The van der Waals surface area contributed by atoms with Crippen molar-refractivity contribution in [1.82, 2.24) is 0 Å². The molecular weight excluding hydrogens is 206 g/mol. The highest BCUT2D eigenvalue weighted by atomic mass is 32.2. The second-order valence-corrected chi connectivity index (χ2v) is 6.90. The van der Waals surface area contributed by atoms with Gasteiger partial charge >= 0.3 is 0 Å². The van der Waals surface area contributed by atoms with E-state index in [-0.39, 0.29) is 17.5 Å². The molecule has 0 heterocycles. The lowest BCUT2D eigenvalue weighted by Gasteiger charge is -2.09. The summed E-state index contributed by atoms with van der Waals surface area (Å²) in [6, 6.07) is 0. The fourth-order valence-corrected chi connectivity index (χ4v) is 2.92. The van der Waals surface area contributed by atoms with Crippen molar-refractivity contribution in [2.45, 2.75) is 25.5 Å². The maximum atomic E-state index is 11.4. The highest BCUT2D eigenvalue weighted by molar-refractivity contribution is 7.99. The van der Waals surface area contributed by atoms with Gasteiger partial charge in [0.25, 0.3) is 0 Å². The summed E-state index contributed by atoms with van der Waals surface area (Å²) >= 11 is 1.77. The lowest BCUT2D eigenvalue weighted by Crippen LogP contribution is -2.28. The van der Waals surface area contributed by atoms with Gasteiger partial charge in [0.05, 0.1) is 11.0 Å². The van der Waals surface area contributed by atoms with Gasteiger partial charge in [0.1, 0.15) is 0 Å². The molecule has 0 aromatic carbocycles. The van der Waals surface area contributed by atoms with Crippen molar-refractivity contribution in [2.24, 2.45) is 5.73 Å². The molecule has 0 fully saturated rings. The van der Waals surface area contributed by atoms with E-state index in [9.17, 15) is 8.42 Å². The Morgan fingerprint density at radius 2 is 2.08 bits per heavy atom. The van der Waals surface area contributed by atoms with E-state index < -0.39 is 9.84 Å². The second-order valence-electron chi connectivity index (χ2n) is 2.96. The molecular formula is C8H19NO2S2. The van der Waals surface area contributed by atoms with Gasteiger partial charge in [0.2, 0.25) is 0 Å². The zero-order valence-electron chi connectivity index (χ0n) is 8.32. The maximum Gasteiger partial charge on any atom is 0.154 e. The van der Waals surface area contributed by atoms with Crippen molar-refractivity contribution >= 4 is 21.6 Å². The van der Waals surface area contributed by atoms with Gasteiger partial charge in [-0.2, -0.15) is 11.8 Å². The van der Waals surface area contributed by atoms with Crippen LogP contribution in [0.15, 0.2) is 0 Å². The highest BCUT2D eigenvalue weighted by Crippen LogP contribution is 2.06. The summed E-state index contributed by atoms with van der Waals surface area (Å²) in [4.78, 5) is 0. The average molecular weight is 225 g/mol. The van der Waals surface area contributed by atoms with E-state index in [0.29, 0.717) is 0 Å². The van der Waals surface area contributed by atoms with Crippen molar-refractivity contribution in [3.8, 4) is 0 Å². The Labute approximate surface area is 85.4 Å². The first-order chi connectivity index (χ1) is 6.04. The van der Waals surface area contributed by atoms with Gasteiger partial charge in [-0.25, -0.2) is 8.42 Å². The van der Waals surface area contributed by atoms with E-state index in [1.807, 2.05) is 0 Å². The number of nitrogens with two attached hydrogens (primary N) is 1. The Hall–Kier alpha value is 0.260. The van der Waals surface area contributed by atoms with Crippen molar-refractivity contribution in [1.29, 1.82) is 0 Å². The number of thioether (sulfide) groups is 1. The van der Waals surface area contributed by atoms with Crippen LogP contribution in [0.2, 0.25) is 0 Å². The third kappa shape index (κ3) is 5.54. The monoisotopic (exact) mass is 225 g/mol. The van der Waals surface area contributed by atoms with E-state index in [4.69, 9.17) is 5.73 Å². The van der Waals surface area contributed by atoms with Crippen molar-refractivity contribution in [2.75, 3.05) is 23.8 Å². The summed E-state index contributed by atoms with van der Waals surface area (Å²) in [7, 11) is -2.93. The van der Waals surface area contributed by atoms with Gasteiger partial charge in [-0.05, 0) is 24.9 Å². The summed E-state index contributed by atoms with van der Waals surface area (Å²) in [5.74, 6) is 2.25. The predicted molar refractivity (Wildman–Crippen MR) is 59.9 cm³/mol. The minimum absolute atomic E-state index is 0.225. The van der Waals surface area contributed by atoms with E-state index in [2.05, 4.69) is 6.92 Å². The fraction of sp³-hybridized carbons (Fsp3) is 1.00. The number of sulfone groups is 1. The molecule has 0 rings (SSSR count). The van der Waals surface area contributed by atoms with Crippen molar-refractivity contribution in [3.63, 3.8) is 0 Å². The molecule has 0 aliphatic rings. The van der Waals surface area contributed by atoms with Crippen molar-refractivity contribution < 1.29 is 8.42 Å². The molecule has 1 unspecified atom stereocenters. The van der Waals surface area contributed by atoms with E-state index in [1.165, 1.54) is 0 Å². The minimum Gasteiger partial charge on any atom is -0.329 e. The summed E-state index contributed by atoms with van der Waals surface area (Å²) in [5, 5.41) is -0.390. The van der Waals surface area contributed by atoms with Crippen LogP contribution in [-0.4, -0.2) is 37.5 Å². The van der Waals surface area contributed by atoms with E-state index >= 15 is 0 Å². The van der Waals surface area contributed by atoms with Gasteiger partial charge in [-0.3, -0.25) is 0 Å². The first kappa shape index (κ1) is 13.3. The molecule has 0 saturated heterocycles. The van der Waals surface area contributed by atoms with Crippen LogP contribution in [0.3, 0.4) is 0 Å². The van der Waals surface area contributed by atoms with Crippen LogP contribution < -0.4 is 5.73 Å². The summed E-state index contributed by atoms with van der Waals surface area (Å²) < 4.78 is 22.9. The largest absolute Gasteiger partial charge is 0.329 e. The molecule has 3 nitrogen and oxygen atoms in total. The Bertz CT molecular complexity index is 214. The third-order valence-corrected chi connectivity index (χ3v) is 5.13. The maximum absolute atomic E-state index is 11.4. The smallest absolute Gasteiger partial charge is 0.154 e. The molecule has 13 heavy (non-hydrogen) atoms. The standard InChI is InChI=1S/C8H19NO2S2/c1-3-12-5-4-6-13(10,11)8(2)7-9/h8H,3-7,9H2,1-2H3. The van der Waals surface area contributed by atoms with E-state index in [1.54, 1.807) is 18.7 Å². The Balaban J connectivity index is 3.77. The molecule has 0 radical (unpaired) electrons. The molecule has 0 aliphatic carbocycles. The molecule has 0 aromatic heterocycles. The average Bonchev–Trinajstić information content (AvgIpc) is 2.11. The lowest BCUT2D eigenvalue weighted by molar-refractivity contribution is 0.583. The summed E-state index contributed by atoms with van der Waals surface area (Å²) in [6.07, 6.45) is 0.741. The number of hydrogen-bond donors (Lipinski definition) is 1. The zero-order chi connectivity index (χ0) is 10.3. The molecule has 0 spiro atoms. The van der Waals surface area contributed by atoms with Crippen LogP contribution in [-0.2, 0) is 9.84 Å². The van der Waals surface area contributed by atoms with Crippen LogP contribution in [0.1, 0.15) is 20.3 Å². The van der Waals surface area contributed by atoms with Crippen LogP contribution in [0.25, 0.3) is 0 Å². The van der Waals surface area contributed by atoms with Gasteiger partial charge in [-0.15, -0.1) is 0 Å². The van der Waals surface area contributed by atoms with Gasteiger partial charge in [0, 0.05) is 6.54 Å². The summed E-state index contributed by atoms with van der Waals surface area (Å²) in [6.45, 7) is 3.97. The minimum atomic E-state index is -2.93. The van der Waals surface area contributed by atoms with Gasteiger partial charge < -0.3 is 5.73 Å². The molecule has 0 aliphatic heterocycles. The SMILES string of the molecule is CCSCCCS(=O)(=O)C(C)CN. The molecule has 2 N–H and O–H groups in total.